The topological polar surface area (TPSA) is 39.2 Å². The first kappa shape index (κ1) is 13.4. The summed E-state index contributed by atoms with van der Waals surface area (Å²) >= 11 is 0. The van der Waals surface area contributed by atoms with E-state index >= 15 is 0 Å². The minimum absolute atomic E-state index is 0.174. The Morgan fingerprint density at radius 1 is 1.00 bits per heavy atom. The number of hydrogen-bond donors (Lipinski definition) is 1. The normalized spacial score (nSPS) is 19.7. The van der Waals surface area contributed by atoms with Gasteiger partial charge in [-0.1, -0.05) is 43.5 Å². The molecule has 0 aliphatic heterocycles. The summed E-state index contributed by atoms with van der Waals surface area (Å²) in [6.45, 7) is 2.16. The fourth-order valence-electron chi connectivity index (χ4n) is 3.61. The van der Waals surface area contributed by atoms with Gasteiger partial charge in [0.2, 0.25) is 0 Å². The van der Waals surface area contributed by atoms with Crippen molar-refractivity contribution in [2.75, 3.05) is 0 Å². The predicted molar refractivity (Wildman–Crippen MR) is 82.6 cm³/mol. The Balaban J connectivity index is 1.92. The molecule has 2 N–H and O–H groups in total. The van der Waals surface area contributed by atoms with E-state index in [1.807, 2.05) is 6.07 Å². The molecule has 1 aromatic heterocycles. The average molecular weight is 269 g/mol. The molecular weight excluding hydrogens is 246 g/mol. The van der Waals surface area contributed by atoms with E-state index in [4.69, 9.17) is 10.2 Å². The third-order valence-corrected chi connectivity index (χ3v) is 4.93. The van der Waals surface area contributed by atoms with E-state index in [0.717, 1.165) is 5.56 Å². The summed E-state index contributed by atoms with van der Waals surface area (Å²) in [7, 11) is 0. The maximum atomic E-state index is 6.35. The van der Waals surface area contributed by atoms with Crippen LogP contribution in [0.4, 0.5) is 0 Å². The van der Waals surface area contributed by atoms with Gasteiger partial charge in [0.05, 0.1) is 12.5 Å². The molecule has 2 heteroatoms. The van der Waals surface area contributed by atoms with Gasteiger partial charge in [-0.2, -0.15) is 0 Å². The van der Waals surface area contributed by atoms with Crippen molar-refractivity contribution in [3.05, 3.63) is 48.4 Å². The van der Waals surface area contributed by atoms with Crippen LogP contribution in [0.15, 0.2) is 47.3 Å². The maximum absolute atomic E-state index is 6.35. The lowest BCUT2D eigenvalue weighted by Gasteiger charge is -2.41. The summed E-state index contributed by atoms with van der Waals surface area (Å²) in [5.41, 5.74) is 10.3. The second kappa shape index (κ2) is 5.45. The third-order valence-electron chi connectivity index (χ3n) is 4.93. The second-order valence-electron chi connectivity index (χ2n) is 6.09. The molecule has 0 radical (unpaired) electrons. The molecule has 1 aliphatic rings. The second-order valence-corrected chi connectivity index (χ2v) is 6.09. The minimum Gasteiger partial charge on any atom is -0.472 e. The lowest BCUT2D eigenvalue weighted by molar-refractivity contribution is 0.252. The van der Waals surface area contributed by atoms with Crippen LogP contribution < -0.4 is 5.73 Å². The van der Waals surface area contributed by atoms with Crippen molar-refractivity contribution in [1.82, 2.24) is 0 Å². The van der Waals surface area contributed by atoms with Gasteiger partial charge in [0.15, 0.2) is 0 Å². The average Bonchev–Trinajstić information content (AvgIpc) is 3.02. The van der Waals surface area contributed by atoms with E-state index in [0.29, 0.717) is 0 Å². The highest BCUT2D eigenvalue weighted by Crippen LogP contribution is 2.42. The van der Waals surface area contributed by atoms with Crippen LogP contribution in [0.3, 0.4) is 0 Å². The molecule has 1 aliphatic carbocycles. The summed E-state index contributed by atoms with van der Waals surface area (Å²) in [4.78, 5) is 0. The summed E-state index contributed by atoms with van der Waals surface area (Å²) in [5, 5.41) is 0. The quantitative estimate of drug-likeness (QED) is 0.891. The summed E-state index contributed by atoms with van der Waals surface area (Å²) < 4.78 is 5.15. The highest BCUT2D eigenvalue weighted by molar-refractivity contribution is 5.62. The van der Waals surface area contributed by atoms with E-state index in [2.05, 4.69) is 31.2 Å². The van der Waals surface area contributed by atoms with Crippen molar-refractivity contribution in [1.29, 1.82) is 0 Å². The largest absolute Gasteiger partial charge is 0.472 e. The number of hydrogen-bond acceptors (Lipinski definition) is 2. The Labute approximate surface area is 121 Å². The van der Waals surface area contributed by atoms with Gasteiger partial charge < -0.3 is 10.2 Å². The monoisotopic (exact) mass is 269 g/mol. The van der Waals surface area contributed by atoms with Crippen molar-refractivity contribution in [3.8, 4) is 11.1 Å². The van der Waals surface area contributed by atoms with Crippen molar-refractivity contribution >= 4 is 0 Å². The summed E-state index contributed by atoms with van der Waals surface area (Å²) in [6.07, 6.45) is 9.88. The van der Waals surface area contributed by atoms with Gasteiger partial charge in [-0.3, -0.25) is 0 Å². The molecule has 1 unspecified atom stereocenters. The van der Waals surface area contributed by atoms with Crippen molar-refractivity contribution in [2.24, 2.45) is 5.73 Å². The first-order chi connectivity index (χ1) is 9.72. The zero-order chi connectivity index (χ0) is 14.0. The molecule has 0 saturated heterocycles. The smallest absolute Gasteiger partial charge is 0.0980 e. The molecule has 0 amide bonds. The summed E-state index contributed by atoms with van der Waals surface area (Å²) in [6, 6.07) is 11.1. The number of nitrogens with two attached hydrogens (primary N) is 1. The van der Waals surface area contributed by atoms with Crippen LogP contribution in [0, 0.1) is 0 Å². The van der Waals surface area contributed by atoms with Gasteiger partial charge in [-0.25, -0.2) is 0 Å². The first-order valence-electron chi connectivity index (χ1n) is 7.61. The molecule has 2 aromatic rings. The molecule has 1 atom stereocenters. The van der Waals surface area contributed by atoms with E-state index in [9.17, 15) is 0 Å². The highest BCUT2D eigenvalue weighted by Gasteiger charge is 2.37. The lowest BCUT2D eigenvalue weighted by atomic mass is 9.65. The zero-order valence-corrected chi connectivity index (χ0v) is 12.1. The van der Waals surface area contributed by atoms with Gasteiger partial charge in [-0.05, 0) is 37.0 Å². The van der Waals surface area contributed by atoms with E-state index in [1.54, 1.807) is 12.5 Å². The number of rotatable bonds is 3. The van der Waals surface area contributed by atoms with Crippen molar-refractivity contribution < 1.29 is 4.42 Å². The lowest BCUT2D eigenvalue weighted by Crippen LogP contribution is -2.44. The fraction of sp³-hybridized carbons (Fsp3) is 0.444. The molecule has 20 heavy (non-hydrogen) atoms. The van der Waals surface area contributed by atoms with Gasteiger partial charge in [-0.15, -0.1) is 0 Å². The standard InChI is InChI=1S/C18H23NO/c1-14(19)18(10-3-2-4-11-18)17-7-5-15(6-8-17)16-9-12-20-13-16/h5-9,12-14H,2-4,10-11,19H2,1H3. The molecule has 1 aromatic carbocycles. The van der Waals surface area contributed by atoms with Crippen molar-refractivity contribution in [2.45, 2.75) is 50.5 Å². The van der Waals surface area contributed by atoms with Gasteiger partial charge >= 0.3 is 0 Å². The fourth-order valence-corrected chi connectivity index (χ4v) is 3.61. The minimum atomic E-state index is 0.174. The molecule has 3 rings (SSSR count). The van der Waals surface area contributed by atoms with Gasteiger partial charge in [0.1, 0.15) is 0 Å². The molecule has 0 bridgehead atoms. The van der Waals surface area contributed by atoms with Crippen LogP contribution in [0.5, 0.6) is 0 Å². The van der Waals surface area contributed by atoms with E-state index in [-0.39, 0.29) is 11.5 Å². The van der Waals surface area contributed by atoms with Crippen LogP contribution in [-0.2, 0) is 5.41 Å². The Morgan fingerprint density at radius 3 is 2.25 bits per heavy atom. The number of furan rings is 1. The number of benzene rings is 1. The molecule has 106 valence electrons. The van der Waals surface area contributed by atoms with Gasteiger partial charge in [0, 0.05) is 17.0 Å². The Hall–Kier alpha value is -1.54. The van der Waals surface area contributed by atoms with Crippen LogP contribution in [-0.4, -0.2) is 6.04 Å². The highest BCUT2D eigenvalue weighted by atomic mass is 16.3. The van der Waals surface area contributed by atoms with E-state index < -0.39 is 0 Å². The first-order valence-corrected chi connectivity index (χ1v) is 7.61. The van der Waals surface area contributed by atoms with Crippen LogP contribution in [0.25, 0.3) is 11.1 Å². The van der Waals surface area contributed by atoms with Gasteiger partial charge in [0.25, 0.3) is 0 Å². The third kappa shape index (κ3) is 2.29. The van der Waals surface area contributed by atoms with E-state index in [1.165, 1.54) is 43.2 Å². The molecule has 0 spiro atoms. The Bertz CT molecular complexity index is 533. The maximum Gasteiger partial charge on any atom is 0.0980 e. The van der Waals surface area contributed by atoms with Crippen LogP contribution in [0.1, 0.15) is 44.6 Å². The molecular formula is C18H23NO. The zero-order valence-electron chi connectivity index (χ0n) is 12.1. The Kier molecular flexibility index (Phi) is 3.66. The molecule has 1 fully saturated rings. The van der Waals surface area contributed by atoms with Crippen LogP contribution in [0.2, 0.25) is 0 Å². The SMILES string of the molecule is CC(N)C1(c2ccc(-c3ccoc3)cc2)CCCCC1. The molecule has 1 heterocycles. The molecule has 1 saturated carbocycles. The summed E-state index contributed by atoms with van der Waals surface area (Å²) in [5.74, 6) is 0. The Morgan fingerprint density at radius 2 is 1.70 bits per heavy atom. The molecule has 2 nitrogen and oxygen atoms in total. The predicted octanol–water partition coefficient (Wildman–Crippen LogP) is 4.50. The van der Waals surface area contributed by atoms with Crippen molar-refractivity contribution in [3.63, 3.8) is 0 Å². The van der Waals surface area contributed by atoms with Crippen LogP contribution >= 0.6 is 0 Å².